The molecule has 4 heteroatoms. The normalized spacial score (nSPS) is 13.5. The van der Waals surface area contributed by atoms with E-state index in [2.05, 4.69) is 0 Å². The second-order valence-corrected chi connectivity index (χ2v) is 3.52. The smallest absolute Gasteiger partial charge is 0.229 e. The van der Waals surface area contributed by atoms with Crippen molar-refractivity contribution < 1.29 is 19.1 Å². The summed E-state index contributed by atoms with van der Waals surface area (Å²) in [6.07, 6.45) is 1.30. The lowest BCUT2D eigenvalue weighted by Gasteiger charge is -2.13. The largest absolute Gasteiger partial charge is 0.507 e. The first-order valence-electron chi connectivity index (χ1n) is 4.69. The van der Waals surface area contributed by atoms with Crippen LogP contribution in [0.1, 0.15) is 32.0 Å². The molecule has 0 fully saturated rings. The highest BCUT2D eigenvalue weighted by Crippen LogP contribution is 2.32. The Labute approximate surface area is 90.1 Å². The van der Waals surface area contributed by atoms with Crippen molar-refractivity contribution >= 4 is 11.6 Å². The van der Waals surface area contributed by atoms with Gasteiger partial charge < -0.3 is 9.52 Å². The minimum Gasteiger partial charge on any atom is -0.507 e. The Bertz CT molecular complexity index is 622. The molecule has 0 aliphatic heterocycles. The van der Waals surface area contributed by atoms with E-state index in [0.717, 1.165) is 0 Å². The number of phenolic OH excluding ortho intramolecular Hbond substituents is 1. The van der Waals surface area contributed by atoms with Gasteiger partial charge in [0.15, 0.2) is 5.76 Å². The van der Waals surface area contributed by atoms with Crippen LogP contribution in [0.25, 0.3) is 0 Å². The summed E-state index contributed by atoms with van der Waals surface area (Å²) in [7, 11) is 0. The van der Waals surface area contributed by atoms with Crippen LogP contribution in [0.5, 0.6) is 5.75 Å². The van der Waals surface area contributed by atoms with Gasteiger partial charge in [0, 0.05) is 5.56 Å². The zero-order valence-electron chi connectivity index (χ0n) is 8.06. The lowest BCUT2D eigenvalue weighted by atomic mass is 9.88. The molecule has 1 N–H and O–H groups in total. The van der Waals surface area contributed by atoms with E-state index in [9.17, 15) is 14.7 Å². The average molecular weight is 214 g/mol. The second-order valence-electron chi connectivity index (χ2n) is 3.52. The van der Waals surface area contributed by atoms with Crippen LogP contribution in [0, 0.1) is 0 Å². The fourth-order valence-corrected chi connectivity index (χ4v) is 1.89. The third-order valence-corrected chi connectivity index (χ3v) is 2.63. The van der Waals surface area contributed by atoms with Gasteiger partial charge in [-0.3, -0.25) is 9.59 Å². The molecule has 0 saturated heterocycles. The lowest BCUT2D eigenvalue weighted by Crippen LogP contribution is -2.19. The molecule has 0 saturated carbocycles. The number of hydrogen-bond acceptors (Lipinski definition) is 4. The number of rotatable bonds is 0. The van der Waals surface area contributed by atoms with Crippen LogP contribution in [0.4, 0.5) is 0 Å². The maximum atomic E-state index is 12.0. The molecule has 1 aromatic carbocycles. The van der Waals surface area contributed by atoms with Crippen LogP contribution in [0.2, 0.25) is 0 Å². The monoisotopic (exact) mass is 214 g/mol. The first kappa shape index (κ1) is 8.91. The SMILES string of the molecule is O=C1c2cccc(O)c2C(=O)c2ccoc21. The molecule has 3 rings (SSSR count). The molecule has 2 aromatic rings. The van der Waals surface area contributed by atoms with Gasteiger partial charge in [-0.2, -0.15) is 0 Å². The fourth-order valence-electron chi connectivity index (χ4n) is 1.89. The van der Waals surface area contributed by atoms with Gasteiger partial charge in [0.05, 0.1) is 17.4 Å². The summed E-state index contributed by atoms with van der Waals surface area (Å²) in [5, 5.41) is 9.60. The molecule has 78 valence electrons. The zero-order valence-corrected chi connectivity index (χ0v) is 8.06. The minimum absolute atomic E-state index is 0.0445. The van der Waals surface area contributed by atoms with Crippen molar-refractivity contribution in [2.24, 2.45) is 0 Å². The molecule has 0 atom stereocenters. The Kier molecular flexibility index (Phi) is 1.57. The lowest BCUT2D eigenvalue weighted by molar-refractivity contribution is 0.0958. The van der Waals surface area contributed by atoms with Crippen LogP contribution in [-0.2, 0) is 0 Å². The first-order valence-corrected chi connectivity index (χ1v) is 4.69. The summed E-state index contributed by atoms with van der Waals surface area (Å²) in [4.78, 5) is 23.9. The number of phenols is 1. The number of aromatic hydroxyl groups is 1. The van der Waals surface area contributed by atoms with Crippen LogP contribution >= 0.6 is 0 Å². The molecule has 0 unspecified atom stereocenters. The van der Waals surface area contributed by atoms with Crippen molar-refractivity contribution in [1.82, 2.24) is 0 Å². The molecule has 0 spiro atoms. The highest BCUT2D eigenvalue weighted by molar-refractivity contribution is 6.28. The molecule has 0 radical (unpaired) electrons. The maximum absolute atomic E-state index is 12.0. The highest BCUT2D eigenvalue weighted by Gasteiger charge is 2.34. The summed E-state index contributed by atoms with van der Waals surface area (Å²) in [6, 6.07) is 5.84. The van der Waals surface area contributed by atoms with Crippen molar-refractivity contribution in [1.29, 1.82) is 0 Å². The molecular weight excluding hydrogens is 208 g/mol. The van der Waals surface area contributed by atoms with E-state index < -0.39 is 0 Å². The van der Waals surface area contributed by atoms with Crippen molar-refractivity contribution in [2.45, 2.75) is 0 Å². The van der Waals surface area contributed by atoms with Crippen LogP contribution in [-0.4, -0.2) is 16.7 Å². The highest BCUT2D eigenvalue weighted by atomic mass is 16.3. The van der Waals surface area contributed by atoms with Crippen LogP contribution in [0.3, 0.4) is 0 Å². The summed E-state index contributed by atoms with van der Waals surface area (Å²) in [6.45, 7) is 0. The fraction of sp³-hybridized carbons (Fsp3) is 0. The Morgan fingerprint density at radius 3 is 2.62 bits per heavy atom. The van der Waals surface area contributed by atoms with Gasteiger partial charge in [0.25, 0.3) is 0 Å². The van der Waals surface area contributed by atoms with Crippen molar-refractivity contribution in [3.05, 3.63) is 53.0 Å². The van der Waals surface area contributed by atoms with Crippen LogP contribution < -0.4 is 0 Å². The van der Waals surface area contributed by atoms with E-state index in [-0.39, 0.29) is 39.8 Å². The van der Waals surface area contributed by atoms with Crippen molar-refractivity contribution in [3.63, 3.8) is 0 Å². The topological polar surface area (TPSA) is 67.5 Å². The van der Waals surface area contributed by atoms with Crippen molar-refractivity contribution in [2.75, 3.05) is 0 Å². The Hall–Kier alpha value is -2.36. The van der Waals surface area contributed by atoms with Crippen LogP contribution in [0.15, 0.2) is 34.9 Å². The van der Waals surface area contributed by atoms with E-state index in [0.29, 0.717) is 0 Å². The quantitative estimate of drug-likeness (QED) is 0.619. The molecule has 1 heterocycles. The predicted molar refractivity (Wildman–Crippen MR) is 53.7 cm³/mol. The molecule has 1 aliphatic carbocycles. The Morgan fingerprint density at radius 1 is 1.00 bits per heavy atom. The molecule has 16 heavy (non-hydrogen) atoms. The summed E-state index contributed by atoms with van der Waals surface area (Å²) >= 11 is 0. The van der Waals surface area contributed by atoms with Gasteiger partial charge in [0.1, 0.15) is 5.75 Å². The van der Waals surface area contributed by atoms with Gasteiger partial charge in [-0.15, -0.1) is 0 Å². The minimum atomic E-state index is -0.378. The maximum Gasteiger partial charge on any atom is 0.229 e. The second kappa shape index (κ2) is 2.82. The third-order valence-electron chi connectivity index (χ3n) is 2.63. The molecule has 1 aromatic heterocycles. The van der Waals surface area contributed by atoms with E-state index >= 15 is 0 Å². The molecule has 4 nitrogen and oxygen atoms in total. The van der Waals surface area contributed by atoms with Crippen molar-refractivity contribution in [3.8, 4) is 5.75 Å². The molecular formula is C12H6O4. The number of furan rings is 1. The van der Waals surface area contributed by atoms with E-state index in [1.54, 1.807) is 0 Å². The van der Waals surface area contributed by atoms with Gasteiger partial charge in [-0.1, -0.05) is 6.07 Å². The number of ketones is 2. The molecule has 0 bridgehead atoms. The molecule has 0 amide bonds. The first-order chi connectivity index (χ1) is 7.70. The Balaban J connectivity index is 2.38. The number of carbonyl (C=O) groups excluding carboxylic acids is 2. The van der Waals surface area contributed by atoms with Gasteiger partial charge >= 0.3 is 0 Å². The number of fused-ring (bicyclic) bond motifs is 2. The van der Waals surface area contributed by atoms with E-state index in [4.69, 9.17) is 4.42 Å². The zero-order chi connectivity index (χ0) is 11.3. The third kappa shape index (κ3) is 0.930. The van der Waals surface area contributed by atoms with Gasteiger partial charge in [-0.05, 0) is 18.2 Å². The molecule has 1 aliphatic rings. The summed E-state index contributed by atoms with van der Waals surface area (Å²) < 4.78 is 4.98. The van der Waals surface area contributed by atoms with E-state index in [1.165, 1.54) is 30.5 Å². The Morgan fingerprint density at radius 2 is 1.81 bits per heavy atom. The number of carbonyl (C=O) groups is 2. The standard InChI is InChI=1S/C12H6O4/c13-8-3-1-2-6-9(8)10(14)7-4-5-16-12(7)11(6)15/h1-5,13H. The number of hydrogen-bond donors (Lipinski definition) is 1. The predicted octanol–water partition coefficient (Wildman–Crippen LogP) is 1.76. The summed E-state index contributed by atoms with van der Waals surface area (Å²) in [5.41, 5.74) is 0.452. The van der Waals surface area contributed by atoms with Gasteiger partial charge in [-0.25, -0.2) is 0 Å². The average Bonchev–Trinajstić information content (AvgIpc) is 2.75. The van der Waals surface area contributed by atoms with Gasteiger partial charge in [0.2, 0.25) is 11.6 Å². The number of benzene rings is 1. The summed E-state index contributed by atoms with van der Waals surface area (Å²) in [5.74, 6) is -0.882. The van der Waals surface area contributed by atoms with E-state index in [1.807, 2.05) is 0 Å².